The van der Waals surface area contributed by atoms with Gasteiger partial charge in [-0.05, 0) is 12.3 Å². The van der Waals surface area contributed by atoms with E-state index in [4.69, 9.17) is 5.26 Å². The van der Waals surface area contributed by atoms with Crippen molar-refractivity contribution >= 4 is 15.8 Å². The van der Waals surface area contributed by atoms with Crippen LogP contribution in [-0.2, 0) is 14.8 Å². The highest BCUT2D eigenvalue weighted by atomic mass is 32.2. The van der Waals surface area contributed by atoms with E-state index in [1.165, 1.54) is 10.6 Å². The first-order chi connectivity index (χ1) is 9.02. The third-order valence-corrected chi connectivity index (χ3v) is 5.99. The van der Waals surface area contributed by atoms with E-state index in [-0.39, 0.29) is 17.3 Å². The Kier molecular flexibility index (Phi) is 3.35. The number of piperidine rings is 1. The minimum absolute atomic E-state index is 0.0533. The number of nitriles is 1. The summed E-state index contributed by atoms with van der Waals surface area (Å²) in [7, 11) is -3.25. The molecule has 20 heavy (non-hydrogen) atoms. The molecule has 0 amide bonds. The first kappa shape index (κ1) is 15.2. The van der Waals surface area contributed by atoms with Crippen LogP contribution in [0.25, 0.3) is 0 Å². The second kappa shape index (κ2) is 4.40. The van der Waals surface area contributed by atoms with Crippen LogP contribution in [0, 0.1) is 28.1 Å². The highest BCUT2D eigenvalue weighted by Crippen LogP contribution is 2.52. The number of ketones is 1. The Morgan fingerprint density at radius 1 is 1.40 bits per heavy atom. The van der Waals surface area contributed by atoms with Gasteiger partial charge < -0.3 is 0 Å². The molecule has 2 rings (SSSR count). The van der Waals surface area contributed by atoms with Crippen molar-refractivity contribution in [3.05, 3.63) is 11.6 Å². The van der Waals surface area contributed by atoms with Gasteiger partial charge in [0.15, 0.2) is 5.78 Å². The van der Waals surface area contributed by atoms with Gasteiger partial charge in [0, 0.05) is 23.9 Å². The third-order valence-electron chi connectivity index (χ3n) is 4.74. The summed E-state index contributed by atoms with van der Waals surface area (Å²) in [6, 6.07) is 1.96. The molecular weight excluding hydrogens is 276 g/mol. The molecule has 0 aromatic rings. The standard InChI is InChI=1S/C14H20N2O3S/c1-13(2)11-5-6-16(20(4,18)19)9-14(11,3)7-10(8-15)12(13)17/h7,11H,5-6,9H2,1-4H3/t11-,14+/m1/s1. The quantitative estimate of drug-likeness (QED) is 0.731. The molecule has 0 radical (unpaired) electrons. The van der Waals surface area contributed by atoms with E-state index in [1.54, 1.807) is 6.08 Å². The van der Waals surface area contributed by atoms with E-state index < -0.39 is 20.9 Å². The van der Waals surface area contributed by atoms with E-state index in [1.807, 2.05) is 26.8 Å². The minimum atomic E-state index is -3.25. The minimum Gasteiger partial charge on any atom is -0.293 e. The molecule has 0 N–H and O–H groups in total. The molecule has 2 atom stereocenters. The van der Waals surface area contributed by atoms with E-state index in [0.717, 1.165) is 0 Å². The van der Waals surface area contributed by atoms with Crippen molar-refractivity contribution in [2.45, 2.75) is 27.2 Å². The number of rotatable bonds is 1. The van der Waals surface area contributed by atoms with Crippen LogP contribution in [0.4, 0.5) is 0 Å². The lowest BCUT2D eigenvalue weighted by molar-refractivity contribution is -0.131. The fourth-order valence-corrected chi connectivity index (χ4v) is 4.72. The maximum absolute atomic E-state index is 12.3. The fraction of sp³-hybridized carbons (Fsp3) is 0.714. The number of hydrogen-bond acceptors (Lipinski definition) is 4. The molecule has 0 unspecified atom stereocenters. The lowest BCUT2D eigenvalue weighted by atomic mass is 9.55. The third kappa shape index (κ3) is 2.19. The zero-order valence-corrected chi connectivity index (χ0v) is 13.1. The van der Waals surface area contributed by atoms with Gasteiger partial charge in [0.05, 0.1) is 11.8 Å². The average molecular weight is 296 g/mol. The Balaban J connectivity index is 2.50. The van der Waals surface area contributed by atoms with Crippen molar-refractivity contribution in [1.82, 2.24) is 4.31 Å². The molecule has 0 saturated carbocycles. The molecule has 1 heterocycles. The van der Waals surface area contributed by atoms with Crippen LogP contribution >= 0.6 is 0 Å². The lowest BCUT2D eigenvalue weighted by Gasteiger charge is -2.52. The maximum Gasteiger partial charge on any atom is 0.211 e. The van der Waals surface area contributed by atoms with Gasteiger partial charge in [-0.15, -0.1) is 0 Å². The average Bonchev–Trinajstić information content (AvgIpc) is 2.32. The smallest absolute Gasteiger partial charge is 0.211 e. The number of carbonyl (C=O) groups excluding carboxylic acids is 1. The normalized spacial score (nSPS) is 34.0. The summed E-state index contributed by atoms with van der Waals surface area (Å²) in [5.41, 5.74) is -0.939. The van der Waals surface area contributed by atoms with Crippen LogP contribution in [0.1, 0.15) is 27.2 Å². The number of fused-ring (bicyclic) bond motifs is 1. The topological polar surface area (TPSA) is 78.2 Å². The summed E-state index contributed by atoms with van der Waals surface area (Å²) in [6.07, 6.45) is 3.52. The Morgan fingerprint density at radius 3 is 2.50 bits per heavy atom. The van der Waals surface area contributed by atoms with Gasteiger partial charge in [-0.25, -0.2) is 12.7 Å². The van der Waals surface area contributed by atoms with Crippen molar-refractivity contribution in [3.63, 3.8) is 0 Å². The van der Waals surface area contributed by atoms with Crippen molar-refractivity contribution in [3.8, 4) is 6.07 Å². The predicted molar refractivity (Wildman–Crippen MR) is 75.1 cm³/mol. The zero-order chi connectivity index (χ0) is 15.3. The Labute approximate surface area is 120 Å². The summed E-state index contributed by atoms with van der Waals surface area (Å²) in [5.74, 6) is -0.0760. The van der Waals surface area contributed by atoms with Gasteiger partial charge in [0.2, 0.25) is 10.0 Å². The van der Waals surface area contributed by atoms with Crippen molar-refractivity contribution < 1.29 is 13.2 Å². The molecule has 1 aliphatic carbocycles. The number of Topliss-reactive ketones (excluding diaryl/α,β-unsaturated/α-hetero) is 1. The molecule has 0 bridgehead atoms. The van der Waals surface area contributed by atoms with Gasteiger partial charge >= 0.3 is 0 Å². The van der Waals surface area contributed by atoms with Gasteiger partial charge in [-0.2, -0.15) is 5.26 Å². The Hall–Kier alpha value is -1.19. The van der Waals surface area contributed by atoms with Gasteiger partial charge in [-0.1, -0.05) is 26.8 Å². The van der Waals surface area contributed by atoms with E-state index in [2.05, 4.69) is 0 Å². The summed E-state index contributed by atoms with van der Waals surface area (Å²) in [4.78, 5) is 12.3. The monoisotopic (exact) mass is 296 g/mol. The number of hydrogen-bond donors (Lipinski definition) is 0. The summed E-state index contributed by atoms with van der Waals surface area (Å²) >= 11 is 0. The number of nitrogens with zero attached hydrogens (tertiary/aromatic N) is 2. The SMILES string of the molecule is CC1(C)C(=O)C(C#N)=C[C@@]2(C)CN(S(C)(=O)=O)CC[C@H]12. The van der Waals surface area contributed by atoms with Crippen molar-refractivity contribution in [1.29, 1.82) is 5.26 Å². The first-order valence-corrected chi connectivity index (χ1v) is 8.50. The van der Waals surface area contributed by atoms with Crippen molar-refractivity contribution in [2.24, 2.45) is 16.7 Å². The maximum atomic E-state index is 12.3. The fourth-order valence-electron chi connectivity index (χ4n) is 3.77. The number of allylic oxidation sites excluding steroid dienone is 1. The van der Waals surface area contributed by atoms with Gasteiger partial charge in [0.25, 0.3) is 0 Å². The van der Waals surface area contributed by atoms with Crippen LogP contribution in [0.5, 0.6) is 0 Å². The number of carbonyl (C=O) groups is 1. The summed E-state index contributed by atoms with van der Waals surface area (Å²) in [6.45, 7) is 6.43. The largest absolute Gasteiger partial charge is 0.293 e. The first-order valence-electron chi connectivity index (χ1n) is 6.65. The molecular formula is C14H20N2O3S. The van der Waals surface area contributed by atoms with Crippen molar-refractivity contribution in [2.75, 3.05) is 19.3 Å². The second-order valence-electron chi connectivity index (χ2n) is 6.66. The molecule has 5 nitrogen and oxygen atoms in total. The van der Waals surface area contributed by atoms with E-state index >= 15 is 0 Å². The lowest BCUT2D eigenvalue weighted by Crippen LogP contribution is -2.56. The van der Waals surface area contributed by atoms with Gasteiger partial charge in [-0.3, -0.25) is 4.79 Å². The number of sulfonamides is 1. The van der Waals surface area contributed by atoms with E-state index in [0.29, 0.717) is 19.5 Å². The molecule has 1 aliphatic heterocycles. The molecule has 0 spiro atoms. The van der Waals surface area contributed by atoms with Crippen LogP contribution in [-0.4, -0.2) is 37.9 Å². The molecule has 1 fully saturated rings. The molecule has 6 heteroatoms. The second-order valence-corrected chi connectivity index (χ2v) is 8.65. The molecule has 0 aromatic heterocycles. The predicted octanol–water partition coefficient (Wildman–Crippen LogP) is 1.33. The summed E-state index contributed by atoms with van der Waals surface area (Å²) < 4.78 is 25.0. The van der Waals surface area contributed by atoms with Crippen LogP contribution < -0.4 is 0 Å². The van der Waals surface area contributed by atoms with Gasteiger partial charge in [0.1, 0.15) is 6.07 Å². The van der Waals surface area contributed by atoms with Crippen LogP contribution in [0.2, 0.25) is 0 Å². The zero-order valence-electron chi connectivity index (χ0n) is 12.3. The Morgan fingerprint density at radius 2 is 2.00 bits per heavy atom. The Bertz CT molecular complexity index is 627. The summed E-state index contributed by atoms with van der Waals surface area (Å²) in [5, 5.41) is 9.15. The molecule has 0 aromatic carbocycles. The molecule has 1 saturated heterocycles. The highest BCUT2D eigenvalue weighted by Gasteiger charge is 2.54. The van der Waals surface area contributed by atoms with E-state index in [9.17, 15) is 13.2 Å². The van der Waals surface area contributed by atoms with Crippen LogP contribution in [0.3, 0.4) is 0 Å². The van der Waals surface area contributed by atoms with Crippen LogP contribution in [0.15, 0.2) is 11.6 Å². The molecule has 110 valence electrons. The highest BCUT2D eigenvalue weighted by molar-refractivity contribution is 7.88. The molecule has 2 aliphatic rings.